The molecule has 0 spiro atoms. The molecule has 196 valence electrons. The molecule has 2 aromatic rings. The van der Waals surface area contributed by atoms with Crippen LogP contribution in [0.2, 0.25) is 0 Å². The van der Waals surface area contributed by atoms with Crippen LogP contribution in [-0.2, 0) is 24.0 Å². The van der Waals surface area contributed by atoms with Crippen LogP contribution in [0.15, 0.2) is 44.6 Å². The van der Waals surface area contributed by atoms with Gasteiger partial charge in [-0.1, -0.05) is 16.9 Å². The van der Waals surface area contributed by atoms with Crippen molar-refractivity contribution in [2.24, 2.45) is 5.16 Å². The van der Waals surface area contributed by atoms with Gasteiger partial charge in [0.25, 0.3) is 23.4 Å². The fraction of sp³-hybridized carbons (Fsp3) is 0.250. The summed E-state index contributed by atoms with van der Waals surface area (Å²) in [6, 6.07) is 1.92. The zero-order valence-electron chi connectivity index (χ0n) is 21.4. The zero-order valence-corrected chi connectivity index (χ0v) is 20.8. The molecule has 2 atom stereocenters. The number of anilines is 1. The molecule has 1 saturated heterocycles. The van der Waals surface area contributed by atoms with Gasteiger partial charge in [-0.25, -0.2) is 9.78 Å². The van der Waals surface area contributed by atoms with E-state index >= 15 is 0 Å². The van der Waals surface area contributed by atoms with Crippen LogP contribution in [0, 0.1) is 0 Å². The lowest BCUT2D eigenvalue weighted by Gasteiger charge is -2.49. The second-order valence-electron chi connectivity index (χ2n) is 6.88. The first-order valence-corrected chi connectivity index (χ1v) is 12.8. The van der Waals surface area contributed by atoms with E-state index in [0.29, 0.717) is 5.57 Å². The standard InChI is InChI=1S/C19H17N5O7S3.CH2O2/c1-30-23-11(9-7-34-19(20)21-9)14(25)22-12-15(26)24-13(17(27)28)8(5-32-16(12)24)6-33-18(29)10-3-2-4-31-10;2-1-3/h2-4,7,12,16H,5-6H2,1H3,(H2,20,21)(H,22,25)(H,27,28);1H,(H,2,3)/b23-11-;/t12-,16-;/m1./s1/i1+1D3;. The van der Waals surface area contributed by atoms with Crippen molar-refractivity contribution < 1.29 is 47.6 Å². The SMILES string of the molecule is O=CO.[2H][13C]([2H])([2H])O/N=C(\C(=O)N[C@@H]1C(=O)N2C(C(=O)O)=C(CSC(=O)c3ccco3)CS[C@H]12)c1csc(N)n1. The number of furan rings is 1. The van der Waals surface area contributed by atoms with Gasteiger partial charge in [0.2, 0.25) is 0 Å². The summed E-state index contributed by atoms with van der Waals surface area (Å²) in [4.78, 5) is 67.8. The van der Waals surface area contributed by atoms with E-state index in [1.807, 2.05) is 0 Å². The molecule has 4 rings (SSSR count). The number of oxime groups is 1. The van der Waals surface area contributed by atoms with Crippen molar-refractivity contribution in [1.82, 2.24) is 15.2 Å². The van der Waals surface area contributed by atoms with E-state index in [-0.39, 0.29) is 45.4 Å². The van der Waals surface area contributed by atoms with Gasteiger partial charge in [-0.3, -0.25) is 24.1 Å². The van der Waals surface area contributed by atoms with Gasteiger partial charge in [-0.05, 0) is 17.7 Å². The number of fused-ring (bicyclic) bond motifs is 1. The molecule has 0 aromatic carbocycles. The summed E-state index contributed by atoms with van der Waals surface area (Å²) in [5, 5.41) is 22.8. The summed E-state index contributed by atoms with van der Waals surface area (Å²) in [6.45, 7) is -0.250. The summed E-state index contributed by atoms with van der Waals surface area (Å²) in [5.41, 5.74) is 5.12. The van der Waals surface area contributed by atoms with Gasteiger partial charge in [0.15, 0.2) is 16.6 Å². The molecule has 0 bridgehead atoms. The van der Waals surface area contributed by atoms with Crippen molar-refractivity contribution in [3.8, 4) is 0 Å². The van der Waals surface area contributed by atoms with E-state index in [1.165, 1.54) is 29.5 Å². The lowest BCUT2D eigenvalue weighted by atomic mass is 10.0. The zero-order chi connectivity index (χ0) is 29.6. The molecule has 4 heterocycles. The number of aromatic nitrogens is 1. The van der Waals surface area contributed by atoms with Crippen molar-refractivity contribution in [1.29, 1.82) is 0 Å². The first-order chi connectivity index (χ1) is 18.9. The summed E-state index contributed by atoms with van der Waals surface area (Å²) in [6.07, 6.45) is 1.35. The Bertz CT molecular complexity index is 1360. The van der Waals surface area contributed by atoms with E-state index in [0.717, 1.165) is 28.0 Å². The Morgan fingerprint density at radius 1 is 1.51 bits per heavy atom. The largest absolute Gasteiger partial charge is 0.483 e. The molecule has 1 fully saturated rings. The maximum Gasteiger partial charge on any atom is 0.352 e. The third-order valence-corrected chi connectivity index (χ3v) is 7.72. The molecule has 17 heteroatoms. The second-order valence-corrected chi connectivity index (χ2v) is 9.82. The van der Waals surface area contributed by atoms with Gasteiger partial charge >= 0.3 is 5.97 Å². The average Bonchev–Trinajstić information content (AvgIpc) is 3.57. The quantitative estimate of drug-likeness (QED) is 0.112. The maximum absolute atomic E-state index is 12.9. The highest BCUT2D eigenvalue weighted by Gasteiger charge is 2.54. The highest BCUT2D eigenvalue weighted by atomic mass is 32.2. The minimum absolute atomic E-state index is 0.0240. The summed E-state index contributed by atoms with van der Waals surface area (Å²) >= 11 is 3.02. The third-order valence-electron chi connectivity index (χ3n) is 4.75. The van der Waals surface area contributed by atoms with Crippen molar-refractivity contribution >= 4 is 75.1 Å². The Morgan fingerprint density at radius 2 is 2.27 bits per heavy atom. The minimum atomic E-state index is -2.94. The number of amides is 2. The second kappa shape index (κ2) is 12.4. The molecule has 2 aromatic heterocycles. The smallest absolute Gasteiger partial charge is 0.352 e. The van der Waals surface area contributed by atoms with Crippen molar-refractivity contribution in [3.63, 3.8) is 0 Å². The van der Waals surface area contributed by atoms with Gasteiger partial charge in [0.05, 0.1) is 10.4 Å². The van der Waals surface area contributed by atoms with Crippen LogP contribution < -0.4 is 11.1 Å². The Labute approximate surface area is 225 Å². The van der Waals surface area contributed by atoms with Gasteiger partial charge in [-0.2, -0.15) is 0 Å². The fourth-order valence-corrected chi connectivity index (χ4v) is 6.09. The average molecular weight is 574 g/mol. The van der Waals surface area contributed by atoms with E-state index < -0.39 is 41.9 Å². The number of nitrogens with zero attached hydrogens (tertiary/aromatic N) is 3. The number of carboxylic acids is 1. The molecule has 14 nitrogen and oxygen atoms in total. The number of hydrogen-bond acceptors (Lipinski definition) is 13. The Balaban J connectivity index is 0.00000141. The maximum atomic E-state index is 12.9. The van der Waals surface area contributed by atoms with Crippen LogP contribution >= 0.6 is 34.9 Å². The van der Waals surface area contributed by atoms with E-state index in [9.17, 15) is 24.3 Å². The number of aliphatic carboxylic acids is 1. The van der Waals surface area contributed by atoms with Gasteiger partial charge < -0.3 is 30.5 Å². The van der Waals surface area contributed by atoms with Gasteiger partial charge in [-0.15, -0.1) is 23.1 Å². The number of thiazole rings is 1. The molecule has 0 aliphatic carbocycles. The number of nitrogens with two attached hydrogens (primary N) is 1. The predicted molar refractivity (Wildman–Crippen MR) is 134 cm³/mol. The molecule has 0 unspecified atom stereocenters. The molecule has 2 aliphatic rings. The topological polar surface area (TPSA) is 215 Å². The first kappa shape index (κ1) is 23.6. The molecular formula is C20H19N5O9S3. The molecule has 2 amide bonds. The number of hydrogen-bond donors (Lipinski definition) is 4. The summed E-state index contributed by atoms with van der Waals surface area (Å²) in [7, 11) is -2.94. The number of β-lactam (4-membered cyclic amide) rings is 1. The van der Waals surface area contributed by atoms with E-state index in [4.69, 9.17) is 24.2 Å². The Morgan fingerprint density at radius 3 is 2.86 bits per heavy atom. The summed E-state index contributed by atoms with van der Waals surface area (Å²) < 4.78 is 26.4. The number of thioether (sulfide) groups is 2. The van der Waals surface area contributed by atoms with Crippen LogP contribution in [0.5, 0.6) is 0 Å². The predicted octanol–water partition coefficient (Wildman–Crippen LogP) is 0.682. The lowest BCUT2D eigenvalue weighted by molar-refractivity contribution is -0.150. The van der Waals surface area contributed by atoms with Crippen LogP contribution in [0.4, 0.5) is 5.13 Å². The summed E-state index contributed by atoms with van der Waals surface area (Å²) in [5.74, 6) is -2.68. The Kier molecular flexibility index (Phi) is 7.91. The van der Waals surface area contributed by atoms with Crippen molar-refractivity contribution in [3.05, 3.63) is 46.5 Å². The van der Waals surface area contributed by atoms with Crippen LogP contribution in [0.25, 0.3) is 0 Å². The number of carbonyl (C=O) groups is 5. The van der Waals surface area contributed by atoms with Crippen molar-refractivity contribution in [2.45, 2.75) is 11.4 Å². The normalized spacial score (nSPS) is 20.2. The lowest BCUT2D eigenvalue weighted by Crippen LogP contribution is -2.71. The number of carbonyl (C=O) groups excluding carboxylic acids is 3. The van der Waals surface area contributed by atoms with Crippen LogP contribution in [0.1, 0.15) is 20.4 Å². The minimum Gasteiger partial charge on any atom is -0.483 e. The van der Waals surface area contributed by atoms with E-state index in [2.05, 4.69) is 20.3 Å². The first-order valence-electron chi connectivity index (χ1n) is 11.3. The molecule has 0 saturated carbocycles. The number of nitrogen functional groups attached to an aromatic ring is 1. The monoisotopic (exact) mass is 573 g/mol. The van der Waals surface area contributed by atoms with Crippen LogP contribution in [-0.4, -0.2) is 85.1 Å². The van der Waals surface area contributed by atoms with E-state index in [1.54, 1.807) is 6.07 Å². The number of rotatable bonds is 8. The third kappa shape index (κ3) is 6.12. The molecule has 37 heavy (non-hydrogen) atoms. The van der Waals surface area contributed by atoms with Crippen molar-refractivity contribution in [2.75, 3.05) is 24.3 Å². The molecular weight excluding hydrogens is 551 g/mol. The highest BCUT2D eigenvalue weighted by Crippen LogP contribution is 2.41. The van der Waals surface area contributed by atoms with Gasteiger partial charge in [0.1, 0.15) is 29.8 Å². The fourth-order valence-electron chi connectivity index (χ4n) is 3.27. The molecule has 5 N–H and O–H groups in total. The molecule has 2 aliphatic heterocycles. The molecule has 0 radical (unpaired) electrons. The van der Waals surface area contributed by atoms with Crippen LogP contribution in [0.3, 0.4) is 0 Å². The Hall–Kier alpha value is -3.83. The van der Waals surface area contributed by atoms with Gasteiger partial charge in [0, 0.05) is 16.9 Å². The highest BCUT2D eigenvalue weighted by molar-refractivity contribution is 8.14. The number of nitrogens with one attached hydrogen (secondary N) is 1. The number of carboxylic acid groups (broad SMARTS) is 2.